The highest BCUT2D eigenvalue weighted by molar-refractivity contribution is 5.25. The van der Waals surface area contributed by atoms with Gasteiger partial charge in [-0.1, -0.05) is 67.3 Å². The number of allylic oxidation sites excluding steroid dienone is 11. The molecule has 4 aliphatic rings. The van der Waals surface area contributed by atoms with E-state index in [0.29, 0.717) is 5.92 Å². The van der Waals surface area contributed by atoms with Gasteiger partial charge in [-0.15, -0.1) is 5.73 Å². The average Bonchev–Trinajstić information content (AvgIpc) is 3.27. The quantitative estimate of drug-likeness (QED) is 0.404. The Bertz CT molecular complexity index is 434. The van der Waals surface area contributed by atoms with Gasteiger partial charge in [0.25, 0.3) is 0 Å². The van der Waals surface area contributed by atoms with Crippen molar-refractivity contribution < 1.29 is 0 Å². The van der Waals surface area contributed by atoms with E-state index in [1.807, 2.05) is 0 Å². The van der Waals surface area contributed by atoms with Crippen LogP contribution in [-0.4, -0.2) is 0 Å². The van der Waals surface area contributed by atoms with Crippen molar-refractivity contribution in [1.82, 2.24) is 0 Å². The van der Waals surface area contributed by atoms with Crippen LogP contribution in [0.15, 0.2) is 78.6 Å². The Labute approximate surface area is 116 Å². The molecule has 1 fully saturated rings. The summed E-state index contributed by atoms with van der Waals surface area (Å²) >= 11 is 0. The van der Waals surface area contributed by atoms with Crippen LogP contribution in [0.4, 0.5) is 0 Å². The van der Waals surface area contributed by atoms with E-state index in [9.17, 15) is 0 Å². The van der Waals surface area contributed by atoms with Crippen LogP contribution in [0.3, 0.4) is 0 Å². The molecule has 4 rings (SSSR count). The van der Waals surface area contributed by atoms with E-state index >= 15 is 0 Å². The van der Waals surface area contributed by atoms with Gasteiger partial charge in [0.15, 0.2) is 0 Å². The van der Waals surface area contributed by atoms with Crippen molar-refractivity contribution in [2.45, 2.75) is 25.7 Å². The molecule has 0 spiro atoms. The lowest BCUT2D eigenvalue weighted by Crippen LogP contribution is -1.89. The second-order valence-corrected chi connectivity index (χ2v) is 5.08. The predicted octanol–water partition coefficient (Wildman–Crippen LogP) is 5.30. The van der Waals surface area contributed by atoms with Crippen LogP contribution in [0.2, 0.25) is 0 Å². The van der Waals surface area contributed by atoms with Crippen molar-refractivity contribution in [2.24, 2.45) is 11.8 Å². The normalized spacial score (nSPS) is 27.1. The van der Waals surface area contributed by atoms with Gasteiger partial charge in [0, 0.05) is 5.92 Å². The SMILES string of the molecule is C1=CCC=C1.C1=CCC=C1.C=C=C1CC2C=CC1C2. The van der Waals surface area contributed by atoms with Crippen molar-refractivity contribution in [1.29, 1.82) is 0 Å². The van der Waals surface area contributed by atoms with Gasteiger partial charge >= 0.3 is 0 Å². The highest BCUT2D eigenvalue weighted by atomic mass is 14.3. The van der Waals surface area contributed by atoms with Gasteiger partial charge in [0.05, 0.1) is 0 Å². The zero-order valence-corrected chi connectivity index (χ0v) is 11.5. The number of fused-ring (bicyclic) bond motifs is 2. The molecule has 4 aliphatic carbocycles. The third kappa shape index (κ3) is 4.43. The monoisotopic (exact) mass is 250 g/mol. The third-order valence-electron chi connectivity index (χ3n) is 3.64. The van der Waals surface area contributed by atoms with E-state index in [1.165, 1.54) is 18.4 Å². The van der Waals surface area contributed by atoms with Crippen molar-refractivity contribution in [3.05, 3.63) is 78.6 Å². The van der Waals surface area contributed by atoms with E-state index < -0.39 is 0 Å². The lowest BCUT2D eigenvalue weighted by molar-refractivity contribution is 0.693. The Morgan fingerprint density at radius 1 is 0.895 bits per heavy atom. The van der Waals surface area contributed by atoms with Crippen LogP contribution in [0.5, 0.6) is 0 Å². The zero-order valence-electron chi connectivity index (χ0n) is 11.5. The van der Waals surface area contributed by atoms with Crippen molar-refractivity contribution in [3.63, 3.8) is 0 Å². The lowest BCUT2D eigenvalue weighted by atomic mass is 10.0. The summed E-state index contributed by atoms with van der Waals surface area (Å²) in [6, 6.07) is 0. The molecule has 0 heteroatoms. The molecule has 0 radical (unpaired) electrons. The predicted molar refractivity (Wildman–Crippen MR) is 83.8 cm³/mol. The maximum Gasteiger partial charge on any atom is 0.00585 e. The number of hydrogen-bond acceptors (Lipinski definition) is 0. The molecule has 0 N–H and O–H groups in total. The van der Waals surface area contributed by atoms with Crippen molar-refractivity contribution in [2.75, 3.05) is 0 Å². The summed E-state index contributed by atoms with van der Waals surface area (Å²) in [5.41, 5.74) is 4.44. The molecule has 2 atom stereocenters. The molecular formula is C19H22. The minimum absolute atomic E-state index is 0.715. The fourth-order valence-corrected chi connectivity index (χ4v) is 2.61. The Balaban J connectivity index is 0.000000114. The Kier molecular flexibility index (Phi) is 5.47. The Morgan fingerprint density at radius 3 is 1.68 bits per heavy atom. The van der Waals surface area contributed by atoms with Gasteiger partial charge in [-0.3, -0.25) is 0 Å². The largest absolute Gasteiger partial charge is 0.129 e. The maximum atomic E-state index is 3.67. The zero-order chi connectivity index (χ0) is 13.3. The van der Waals surface area contributed by atoms with Crippen LogP contribution in [0.1, 0.15) is 25.7 Å². The van der Waals surface area contributed by atoms with Gasteiger partial charge in [-0.2, -0.15) is 0 Å². The summed E-state index contributed by atoms with van der Waals surface area (Å²) in [4.78, 5) is 0. The molecule has 0 aromatic carbocycles. The van der Waals surface area contributed by atoms with Crippen molar-refractivity contribution >= 4 is 0 Å². The van der Waals surface area contributed by atoms with E-state index in [4.69, 9.17) is 0 Å². The van der Waals surface area contributed by atoms with Crippen LogP contribution in [-0.2, 0) is 0 Å². The molecular weight excluding hydrogens is 228 g/mol. The summed E-state index contributed by atoms with van der Waals surface area (Å²) < 4.78 is 0. The molecule has 0 nitrogen and oxygen atoms in total. The Hall–Kier alpha value is -1.78. The third-order valence-corrected chi connectivity index (χ3v) is 3.64. The average molecular weight is 250 g/mol. The summed E-state index contributed by atoms with van der Waals surface area (Å²) in [6.07, 6.45) is 26.2. The first-order valence-corrected chi connectivity index (χ1v) is 7.10. The van der Waals surface area contributed by atoms with Crippen LogP contribution < -0.4 is 0 Å². The van der Waals surface area contributed by atoms with Gasteiger partial charge in [-0.25, -0.2) is 0 Å². The molecule has 0 aromatic rings. The molecule has 1 saturated carbocycles. The van der Waals surface area contributed by atoms with Gasteiger partial charge in [0.2, 0.25) is 0 Å². The highest BCUT2D eigenvalue weighted by Gasteiger charge is 2.30. The van der Waals surface area contributed by atoms with Crippen LogP contribution in [0.25, 0.3) is 0 Å². The van der Waals surface area contributed by atoms with E-state index in [-0.39, 0.29) is 0 Å². The van der Waals surface area contributed by atoms with Crippen molar-refractivity contribution in [3.8, 4) is 0 Å². The molecule has 0 aromatic heterocycles. The fourth-order valence-electron chi connectivity index (χ4n) is 2.61. The lowest BCUT2D eigenvalue weighted by Gasteiger charge is -2.02. The molecule has 0 aliphatic heterocycles. The summed E-state index contributed by atoms with van der Waals surface area (Å²) in [5.74, 6) is 1.55. The summed E-state index contributed by atoms with van der Waals surface area (Å²) in [7, 11) is 0. The molecule has 0 heterocycles. The number of rotatable bonds is 0. The summed E-state index contributed by atoms with van der Waals surface area (Å²) in [5, 5.41) is 0. The molecule has 2 unspecified atom stereocenters. The molecule has 0 amide bonds. The standard InChI is InChI=1S/C9H10.2C5H6/c1-2-8-5-7-3-4-9(8)6-7;2*1-2-4-5-3-1/h3-4,7,9H,1,5-6H2;2*1-4H,5H2. The smallest absolute Gasteiger partial charge is 0.00585 e. The summed E-state index contributed by atoms with van der Waals surface area (Å²) in [6.45, 7) is 3.67. The Morgan fingerprint density at radius 2 is 1.47 bits per heavy atom. The second-order valence-electron chi connectivity index (χ2n) is 5.08. The van der Waals surface area contributed by atoms with E-state index in [1.54, 1.807) is 0 Å². The van der Waals surface area contributed by atoms with Crippen LogP contribution >= 0.6 is 0 Å². The van der Waals surface area contributed by atoms with Gasteiger partial charge < -0.3 is 0 Å². The molecule has 0 saturated heterocycles. The van der Waals surface area contributed by atoms with E-state index in [2.05, 4.69) is 73.1 Å². The van der Waals surface area contributed by atoms with Gasteiger partial charge in [-0.05, 0) is 37.2 Å². The molecule has 98 valence electrons. The van der Waals surface area contributed by atoms with Crippen LogP contribution in [0, 0.1) is 11.8 Å². The minimum Gasteiger partial charge on any atom is -0.129 e. The molecule has 2 bridgehead atoms. The topological polar surface area (TPSA) is 0 Å². The minimum atomic E-state index is 0.715. The second kappa shape index (κ2) is 7.61. The first-order valence-electron chi connectivity index (χ1n) is 7.10. The van der Waals surface area contributed by atoms with E-state index in [0.717, 1.165) is 18.8 Å². The maximum absolute atomic E-state index is 3.67. The van der Waals surface area contributed by atoms with Gasteiger partial charge in [0.1, 0.15) is 0 Å². The molecule has 19 heavy (non-hydrogen) atoms. The fraction of sp³-hybridized carbons (Fsp3) is 0.316. The number of hydrogen-bond donors (Lipinski definition) is 0. The highest BCUT2D eigenvalue weighted by Crippen LogP contribution is 2.42. The first kappa shape index (κ1) is 13.6. The first-order chi connectivity index (χ1) is 9.40.